The number of rotatable bonds is 5. The molecule has 0 amide bonds. The highest BCUT2D eigenvalue weighted by Gasteiger charge is 2.16. The molecular formula is C48H32N2S. The number of benzene rings is 7. The topological polar surface area (TPSA) is 17.8 Å². The smallest absolute Gasteiger partial charge is 0.0709 e. The molecule has 0 spiro atoms. The maximum Gasteiger partial charge on any atom is 0.0709 e. The van der Waals surface area contributed by atoms with E-state index in [1.54, 1.807) is 11.3 Å². The van der Waals surface area contributed by atoms with Crippen molar-refractivity contribution < 1.29 is 0 Å². The van der Waals surface area contributed by atoms with E-state index < -0.39 is 0 Å². The summed E-state index contributed by atoms with van der Waals surface area (Å²) in [6, 6.07) is 50.9. The third-order valence-corrected chi connectivity index (χ3v) is 11.4. The molecule has 0 aliphatic heterocycles. The van der Waals surface area contributed by atoms with Gasteiger partial charge in [-0.05, 0) is 99.3 Å². The average Bonchev–Trinajstić information content (AvgIpc) is 3.73. The summed E-state index contributed by atoms with van der Waals surface area (Å²) in [5.41, 5.74) is 10.4. The van der Waals surface area contributed by atoms with Crippen LogP contribution in [0.15, 0.2) is 158 Å². The molecule has 0 bridgehead atoms. The van der Waals surface area contributed by atoms with E-state index in [2.05, 4.69) is 170 Å². The van der Waals surface area contributed by atoms with Crippen LogP contribution in [-0.4, -0.2) is 9.55 Å². The van der Waals surface area contributed by atoms with Gasteiger partial charge >= 0.3 is 0 Å². The van der Waals surface area contributed by atoms with Crippen LogP contribution in [0.3, 0.4) is 0 Å². The fourth-order valence-electron chi connectivity index (χ4n) is 8.02. The van der Waals surface area contributed by atoms with E-state index in [9.17, 15) is 0 Å². The van der Waals surface area contributed by atoms with E-state index in [1.807, 2.05) is 12.3 Å². The van der Waals surface area contributed by atoms with Crippen molar-refractivity contribution in [1.29, 1.82) is 0 Å². The van der Waals surface area contributed by atoms with Gasteiger partial charge in [-0.25, -0.2) is 0 Å². The molecular weight excluding hydrogens is 637 g/mol. The van der Waals surface area contributed by atoms with Crippen LogP contribution < -0.4 is 0 Å². The van der Waals surface area contributed by atoms with Crippen LogP contribution in [0.4, 0.5) is 0 Å². The molecule has 3 heteroatoms. The van der Waals surface area contributed by atoms with E-state index in [4.69, 9.17) is 4.98 Å². The van der Waals surface area contributed by atoms with Crippen LogP contribution in [-0.2, 0) is 0 Å². The monoisotopic (exact) mass is 668 g/mol. The number of fused-ring (bicyclic) bond motifs is 9. The van der Waals surface area contributed by atoms with Gasteiger partial charge < -0.3 is 4.57 Å². The Labute approximate surface area is 299 Å². The molecule has 0 fully saturated rings. The van der Waals surface area contributed by atoms with E-state index in [0.29, 0.717) is 0 Å². The summed E-state index contributed by atoms with van der Waals surface area (Å²) in [7, 11) is 0. The Kier molecular flexibility index (Phi) is 6.77. The van der Waals surface area contributed by atoms with Crippen LogP contribution in [0.2, 0.25) is 0 Å². The van der Waals surface area contributed by atoms with Gasteiger partial charge in [0.15, 0.2) is 0 Å². The highest BCUT2D eigenvalue weighted by Crippen LogP contribution is 2.40. The minimum Gasteiger partial charge on any atom is -0.309 e. The number of hydrogen-bond acceptors (Lipinski definition) is 2. The molecule has 0 N–H and O–H groups in total. The molecule has 0 saturated heterocycles. The number of aromatic nitrogens is 2. The second kappa shape index (κ2) is 11.7. The SMILES string of the molecule is C=Cc1c(/C=C\C)c2ccc(-c3cccc(-c4cc5c(cn4)sc4ccc(-n6c7ccccc7c7ccccc76)cc45)c3)cc2c2ccccc12. The number of thiophene rings is 1. The van der Waals surface area contributed by atoms with Crippen LogP contribution in [0, 0.1) is 0 Å². The fourth-order valence-corrected chi connectivity index (χ4v) is 9.05. The van der Waals surface area contributed by atoms with Gasteiger partial charge in [0.2, 0.25) is 0 Å². The van der Waals surface area contributed by atoms with Gasteiger partial charge in [0.1, 0.15) is 0 Å². The first-order chi connectivity index (χ1) is 25.2. The molecule has 10 rings (SSSR count). The van der Waals surface area contributed by atoms with Crippen LogP contribution in [0.25, 0.3) is 104 Å². The predicted molar refractivity (Wildman–Crippen MR) is 222 cm³/mol. The second-order valence-corrected chi connectivity index (χ2v) is 14.2. The molecule has 10 aromatic rings. The molecule has 51 heavy (non-hydrogen) atoms. The Morgan fingerprint density at radius 1 is 0.529 bits per heavy atom. The van der Waals surface area contributed by atoms with Gasteiger partial charge in [-0.2, -0.15) is 0 Å². The normalized spacial score (nSPS) is 12.0. The standard InChI is InChI=1S/C48H32N2S/c1-3-12-35-34(4-2)36-15-5-6-16-37(36)41-26-31(21-23-38(35)41)30-13-11-14-32(25-30)44-28-43-42-27-33(22-24-47(42)51-48(43)29-49-44)50-45-19-9-7-17-39(45)40-18-8-10-20-46(40)50/h3-29H,2H2,1H3/b12-3-. The highest BCUT2D eigenvalue weighted by atomic mass is 32.1. The molecule has 0 atom stereocenters. The summed E-state index contributed by atoms with van der Waals surface area (Å²) in [4.78, 5) is 4.99. The molecule has 7 aromatic carbocycles. The van der Waals surface area contributed by atoms with Crippen molar-refractivity contribution in [2.75, 3.05) is 0 Å². The van der Waals surface area contributed by atoms with E-state index in [-0.39, 0.29) is 0 Å². The Morgan fingerprint density at radius 3 is 1.96 bits per heavy atom. The van der Waals surface area contributed by atoms with Gasteiger partial charge in [0.05, 0.1) is 21.4 Å². The van der Waals surface area contributed by atoms with Gasteiger partial charge in [-0.3, -0.25) is 4.98 Å². The lowest BCUT2D eigenvalue weighted by Gasteiger charge is -2.15. The average molecular weight is 669 g/mol. The highest BCUT2D eigenvalue weighted by molar-refractivity contribution is 7.25. The van der Waals surface area contributed by atoms with Crippen molar-refractivity contribution in [3.63, 3.8) is 0 Å². The van der Waals surface area contributed by atoms with Crippen molar-refractivity contribution >= 4 is 87.0 Å². The lowest BCUT2D eigenvalue weighted by atomic mass is 9.89. The maximum atomic E-state index is 4.99. The fraction of sp³-hybridized carbons (Fsp3) is 0.0208. The summed E-state index contributed by atoms with van der Waals surface area (Å²) in [6.45, 7) is 6.24. The van der Waals surface area contributed by atoms with Crippen molar-refractivity contribution in [2.45, 2.75) is 6.92 Å². The van der Waals surface area contributed by atoms with Crippen LogP contribution in [0.5, 0.6) is 0 Å². The van der Waals surface area contributed by atoms with Crippen molar-refractivity contribution in [2.24, 2.45) is 0 Å². The first-order valence-corrected chi connectivity index (χ1v) is 18.2. The van der Waals surface area contributed by atoms with Crippen molar-refractivity contribution in [3.8, 4) is 28.1 Å². The van der Waals surface area contributed by atoms with Crippen LogP contribution >= 0.6 is 11.3 Å². The predicted octanol–water partition coefficient (Wildman–Crippen LogP) is 13.9. The third kappa shape index (κ3) is 4.59. The minimum absolute atomic E-state index is 0.976. The minimum atomic E-state index is 0.976. The Balaban J connectivity index is 1.10. The summed E-state index contributed by atoms with van der Waals surface area (Å²) in [6.07, 6.45) is 8.35. The number of nitrogens with zero attached hydrogens (tertiary/aromatic N) is 2. The number of hydrogen-bond donors (Lipinski definition) is 0. The molecule has 240 valence electrons. The summed E-state index contributed by atoms with van der Waals surface area (Å²) in [5.74, 6) is 0. The largest absolute Gasteiger partial charge is 0.309 e. The van der Waals surface area contributed by atoms with Gasteiger partial charge in [-0.1, -0.05) is 116 Å². The van der Waals surface area contributed by atoms with E-state index in [0.717, 1.165) is 11.3 Å². The first-order valence-electron chi connectivity index (χ1n) is 17.4. The second-order valence-electron chi connectivity index (χ2n) is 13.1. The third-order valence-electron chi connectivity index (χ3n) is 10.3. The molecule has 0 saturated carbocycles. The summed E-state index contributed by atoms with van der Waals surface area (Å²) in [5, 5.41) is 9.98. The van der Waals surface area contributed by atoms with Crippen molar-refractivity contribution in [1.82, 2.24) is 9.55 Å². The van der Waals surface area contributed by atoms with Gasteiger partial charge in [-0.15, -0.1) is 11.3 Å². The Bertz CT molecular complexity index is 3010. The molecule has 0 aliphatic carbocycles. The van der Waals surface area contributed by atoms with Crippen LogP contribution in [0.1, 0.15) is 18.1 Å². The Morgan fingerprint density at radius 2 is 1.20 bits per heavy atom. The van der Waals surface area contributed by atoms with E-state index >= 15 is 0 Å². The maximum absolute atomic E-state index is 4.99. The number of para-hydroxylation sites is 2. The Hall–Kier alpha value is -6.29. The number of pyridine rings is 1. The summed E-state index contributed by atoms with van der Waals surface area (Å²) < 4.78 is 4.86. The van der Waals surface area contributed by atoms with Gasteiger partial charge in [0.25, 0.3) is 0 Å². The zero-order valence-corrected chi connectivity index (χ0v) is 28.9. The number of allylic oxidation sites excluding steroid dienone is 1. The lowest BCUT2D eigenvalue weighted by molar-refractivity contribution is 1.19. The van der Waals surface area contributed by atoms with E-state index in [1.165, 1.54) is 91.5 Å². The van der Waals surface area contributed by atoms with Crippen molar-refractivity contribution in [3.05, 3.63) is 170 Å². The molecule has 3 heterocycles. The lowest BCUT2D eigenvalue weighted by Crippen LogP contribution is -1.93. The molecule has 0 unspecified atom stereocenters. The zero-order chi connectivity index (χ0) is 34.1. The summed E-state index contributed by atoms with van der Waals surface area (Å²) >= 11 is 1.81. The zero-order valence-electron chi connectivity index (χ0n) is 28.1. The molecule has 3 aromatic heterocycles. The molecule has 2 nitrogen and oxygen atoms in total. The quantitative estimate of drug-likeness (QED) is 0.167. The molecule has 0 radical (unpaired) electrons. The van der Waals surface area contributed by atoms with Gasteiger partial charge in [0, 0.05) is 43.7 Å². The first kappa shape index (κ1) is 29.6. The molecule has 0 aliphatic rings.